The van der Waals surface area contributed by atoms with Crippen LogP contribution in [0.1, 0.15) is 6.42 Å². The maximum Gasteiger partial charge on any atom is 0.109 e. The van der Waals surface area contributed by atoms with E-state index in [1.54, 1.807) is 0 Å². The number of nitrogens with zero attached hydrogens (tertiary/aromatic N) is 1. The average Bonchev–Trinajstić information content (AvgIpc) is 2.49. The number of nitrogens with one attached hydrogen (secondary N) is 1. The summed E-state index contributed by atoms with van der Waals surface area (Å²) in [6.45, 7) is 7.12. The van der Waals surface area contributed by atoms with Gasteiger partial charge in [0.1, 0.15) is 12.5 Å². The molecule has 22 heavy (non-hydrogen) atoms. The molecule has 0 aliphatic heterocycles. The minimum atomic E-state index is 0.503. The molecule has 0 unspecified atom stereocenters. The van der Waals surface area contributed by atoms with Crippen molar-refractivity contribution in [1.29, 1.82) is 0 Å². The van der Waals surface area contributed by atoms with Gasteiger partial charge in [0, 0.05) is 18.8 Å². The average molecular weight is 356 g/mol. The van der Waals surface area contributed by atoms with Gasteiger partial charge in [-0.3, -0.25) is 0 Å². The van der Waals surface area contributed by atoms with Crippen molar-refractivity contribution in [2.45, 2.75) is 6.42 Å². The zero-order chi connectivity index (χ0) is 16.5. The van der Waals surface area contributed by atoms with Crippen molar-refractivity contribution in [3.05, 3.63) is 0 Å². The Labute approximate surface area is 143 Å². The maximum atomic E-state index is 5.57. The van der Waals surface area contributed by atoms with Gasteiger partial charge in [-0.05, 0) is 27.1 Å². The van der Waals surface area contributed by atoms with E-state index in [4.69, 9.17) is 14.2 Å². The fourth-order valence-electron chi connectivity index (χ4n) is 1.61. The van der Waals surface area contributed by atoms with Crippen LogP contribution in [0.15, 0.2) is 0 Å². The van der Waals surface area contributed by atoms with E-state index >= 15 is 0 Å². The van der Waals surface area contributed by atoms with Gasteiger partial charge in [-0.2, -0.15) is 0 Å². The van der Waals surface area contributed by atoms with Crippen LogP contribution in [0.5, 0.6) is 0 Å². The summed E-state index contributed by atoms with van der Waals surface area (Å²) in [5.41, 5.74) is 0. The molecule has 0 radical (unpaired) electrons. The Morgan fingerprint density at radius 2 is 1.50 bits per heavy atom. The lowest BCUT2D eigenvalue weighted by atomic mass is 10.4. The van der Waals surface area contributed by atoms with E-state index in [2.05, 4.69) is 40.6 Å². The van der Waals surface area contributed by atoms with Gasteiger partial charge in [-0.15, -0.1) is 0 Å². The molecule has 0 saturated heterocycles. The van der Waals surface area contributed by atoms with Gasteiger partial charge in [0.25, 0.3) is 0 Å². The molecule has 0 spiro atoms. The summed E-state index contributed by atoms with van der Waals surface area (Å²) in [4.78, 5) is 2.33. The minimum absolute atomic E-state index is 0.503. The Hall–Kier alpha value is 0.500. The highest BCUT2D eigenvalue weighted by atomic mass is 33.1. The molecule has 0 aromatic carbocycles. The van der Waals surface area contributed by atoms with Crippen molar-refractivity contribution >= 4 is 20.7 Å². The Bertz CT molecular complexity index is 225. The van der Waals surface area contributed by atoms with Crippen LogP contribution in [0.2, 0.25) is 0 Å². The number of ether oxygens (including phenoxy) is 3. The first-order valence-corrected chi connectivity index (χ1v) is 11.5. The molecule has 0 fully saturated rings. The molecule has 0 saturated carbocycles. The molecule has 0 aromatic heterocycles. The summed E-state index contributed by atoms with van der Waals surface area (Å²) in [6.07, 6.45) is 5.81. The Morgan fingerprint density at radius 3 is 2.09 bits per heavy atom. The van der Waals surface area contributed by atoms with Crippen LogP contribution in [0.3, 0.4) is 0 Å². The van der Waals surface area contributed by atoms with Crippen molar-refractivity contribution in [2.24, 2.45) is 0 Å². The molecule has 0 heterocycles. The van der Waals surface area contributed by atoms with Crippen LogP contribution in [-0.2, 0) is 24.1 Å². The highest BCUT2D eigenvalue weighted by molar-refractivity contribution is 8.73. The summed E-state index contributed by atoms with van der Waals surface area (Å²) < 4.78 is 16.4. The molecule has 0 bridgehead atoms. The lowest BCUT2D eigenvalue weighted by Crippen LogP contribution is -2.25. The molecule has 7 heteroatoms. The van der Waals surface area contributed by atoms with Crippen LogP contribution < -0.4 is 5.32 Å². The molecule has 134 valence electrons. The maximum absolute atomic E-state index is 5.57. The fraction of sp³-hybridized carbons (Fsp3) is 1.00. The summed E-state index contributed by atoms with van der Waals surface area (Å²) in [6, 6.07) is 0. The summed E-state index contributed by atoms with van der Waals surface area (Å²) >= 11 is 0. The van der Waals surface area contributed by atoms with Gasteiger partial charge >= 0.3 is 0 Å². The third-order valence-electron chi connectivity index (χ3n) is 2.86. The zero-order valence-electron chi connectivity index (χ0n) is 14.8. The van der Waals surface area contributed by atoms with Gasteiger partial charge in [0.05, 0.1) is 60.4 Å². The van der Waals surface area contributed by atoms with Crippen LogP contribution in [0.4, 0.5) is 0 Å². The lowest BCUT2D eigenvalue weighted by Gasteiger charge is -2.16. The van der Waals surface area contributed by atoms with E-state index in [0.717, 1.165) is 32.8 Å². The Morgan fingerprint density at radius 1 is 0.909 bits per heavy atom. The highest BCUT2D eigenvalue weighted by Gasteiger charge is 2.05. The second-order valence-corrected chi connectivity index (χ2v) is 10.00. The topological polar surface area (TPSA) is 43.0 Å². The lowest BCUT2D eigenvalue weighted by molar-refractivity contribution is 0.0123. The summed E-state index contributed by atoms with van der Waals surface area (Å²) in [5.74, 6) is 1.26. The second-order valence-electron chi connectivity index (χ2n) is 5.16. The van der Waals surface area contributed by atoms with Crippen molar-refractivity contribution in [3.8, 4) is 0 Å². The summed E-state index contributed by atoms with van der Waals surface area (Å²) in [7, 11) is 6.64. The van der Waals surface area contributed by atoms with Gasteiger partial charge in [0.15, 0.2) is 0 Å². The molecule has 0 atom stereocenters. The number of hydrogen-bond acceptors (Lipinski definition) is 6. The van der Waals surface area contributed by atoms with Crippen molar-refractivity contribution in [3.63, 3.8) is 0 Å². The van der Waals surface area contributed by atoms with Crippen molar-refractivity contribution < 1.29 is 14.2 Å². The SMILES string of the molecule is CNCCOCCOCCOCCN(C)CCCS[S+](C)C. The molecule has 0 rings (SSSR count). The standard InChI is InChI=1S/C15H35N2O3S2/c1-16-6-9-18-11-13-20-14-12-19-10-8-17(2)7-5-15-21-22(3)4/h16H,5-15H2,1-4H3/q+1. The van der Waals surface area contributed by atoms with E-state index < -0.39 is 0 Å². The van der Waals surface area contributed by atoms with Crippen LogP contribution in [-0.4, -0.2) is 96.5 Å². The summed E-state index contributed by atoms with van der Waals surface area (Å²) in [5, 5.41) is 3.03. The number of likely N-dealkylation sites (N-methyl/N-ethyl adjacent to an activating group) is 2. The fourth-order valence-corrected chi connectivity index (χ4v) is 3.54. The first-order chi connectivity index (χ1) is 10.7. The Kier molecular flexibility index (Phi) is 18.3. The van der Waals surface area contributed by atoms with E-state index in [1.807, 2.05) is 7.05 Å². The van der Waals surface area contributed by atoms with Crippen molar-refractivity contribution in [2.75, 3.05) is 91.6 Å². The second kappa shape index (κ2) is 17.8. The molecule has 5 nitrogen and oxygen atoms in total. The zero-order valence-corrected chi connectivity index (χ0v) is 16.4. The van der Waals surface area contributed by atoms with Crippen molar-refractivity contribution in [1.82, 2.24) is 10.2 Å². The van der Waals surface area contributed by atoms with Gasteiger partial charge in [-0.25, -0.2) is 0 Å². The smallest absolute Gasteiger partial charge is 0.109 e. The number of hydrogen-bond donors (Lipinski definition) is 1. The largest absolute Gasteiger partial charge is 0.378 e. The molecule has 0 aliphatic rings. The van der Waals surface area contributed by atoms with Gasteiger partial charge in [0.2, 0.25) is 0 Å². The van der Waals surface area contributed by atoms with Crippen LogP contribution in [0, 0.1) is 0 Å². The van der Waals surface area contributed by atoms with E-state index in [0.29, 0.717) is 36.4 Å². The molecule has 0 amide bonds. The first-order valence-electron chi connectivity index (χ1n) is 7.94. The van der Waals surface area contributed by atoms with E-state index in [1.165, 1.54) is 12.2 Å². The molecule has 0 aromatic rings. The van der Waals surface area contributed by atoms with Gasteiger partial charge in [-0.1, -0.05) is 0 Å². The van der Waals surface area contributed by atoms with Crippen LogP contribution >= 0.6 is 10.8 Å². The minimum Gasteiger partial charge on any atom is -0.378 e. The molecule has 0 aliphatic carbocycles. The third-order valence-corrected chi connectivity index (χ3v) is 5.70. The first kappa shape index (κ1) is 22.5. The monoisotopic (exact) mass is 355 g/mol. The van der Waals surface area contributed by atoms with Crippen LogP contribution in [0.25, 0.3) is 0 Å². The quantitative estimate of drug-likeness (QED) is 0.239. The predicted octanol–water partition coefficient (Wildman–Crippen LogP) is 1.10. The molecular weight excluding hydrogens is 320 g/mol. The van der Waals surface area contributed by atoms with E-state index in [9.17, 15) is 0 Å². The third kappa shape index (κ3) is 18.5. The normalized spacial score (nSPS) is 11.7. The van der Waals surface area contributed by atoms with E-state index in [-0.39, 0.29) is 0 Å². The van der Waals surface area contributed by atoms with Gasteiger partial charge < -0.3 is 24.4 Å². The molecular formula is C15H35N2O3S2+. The number of rotatable bonds is 17. The Balaban J connectivity index is 3.12. The molecule has 1 N–H and O–H groups in total. The highest BCUT2D eigenvalue weighted by Crippen LogP contribution is 2.11. The predicted molar refractivity (Wildman–Crippen MR) is 100 cm³/mol.